The molecule has 0 aliphatic heterocycles. The van der Waals surface area contributed by atoms with E-state index in [0.29, 0.717) is 9.91 Å². The van der Waals surface area contributed by atoms with Crippen molar-refractivity contribution in [3.05, 3.63) is 80.5 Å². The predicted octanol–water partition coefficient (Wildman–Crippen LogP) is 10.6. The normalized spacial score (nSPS) is 12.7. The SMILES string of the molecule is C1CCCCC1.C=C/C(=C(Cl)\C=C(/SNC)N(CC)c1ccccc1)c1cc(C)c(C(=O)CO)s1.CC.CC=O.CCC. The Morgan fingerprint density at radius 2 is 1.58 bits per heavy atom. The van der Waals surface area contributed by atoms with E-state index in [2.05, 4.69) is 49.1 Å². The number of para-hydroxylation sites is 1. The summed E-state index contributed by atoms with van der Waals surface area (Å²) in [5, 5.41) is 10.6. The molecular weight excluding hydrogens is 596 g/mol. The van der Waals surface area contributed by atoms with Gasteiger partial charge in [0.2, 0.25) is 0 Å². The molecule has 0 bridgehead atoms. The van der Waals surface area contributed by atoms with Gasteiger partial charge in [0.1, 0.15) is 12.9 Å². The molecule has 3 rings (SSSR count). The number of ketones is 1. The summed E-state index contributed by atoms with van der Waals surface area (Å²) in [5.41, 5.74) is 2.63. The number of aldehydes is 1. The Hall–Kier alpha value is -2.16. The summed E-state index contributed by atoms with van der Waals surface area (Å²) in [6.07, 6.45) is 14.6. The van der Waals surface area contributed by atoms with Crippen LogP contribution in [0.2, 0.25) is 0 Å². The van der Waals surface area contributed by atoms with Gasteiger partial charge in [0.25, 0.3) is 0 Å². The Morgan fingerprint density at radius 1 is 1.09 bits per heavy atom. The molecule has 1 heterocycles. The van der Waals surface area contributed by atoms with Gasteiger partial charge in [-0.1, -0.05) is 115 Å². The fourth-order valence-electron chi connectivity index (χ4n) is 3.87. The highest BCUT2D eigenvalue weighted by atomic mass is 35.5. The smallest absolute Gasteiger partial charge is 0.198 e. The molecule has 2 N–H and O–H groups in total. The summed E-state index contributed by atoms with van der Waals surface area (Å²) in [6.45, 7) is 17.8. The molecule has 5 nitrogen and oxygen atoms in total. The van der Waals surface area contributed by atoms with E-state index in [1.54, 1.807) is 6.08 Å². The first kappa shape index (κ1) is 43.0. The molecule has 1 aliphatic carbocycles. The molecule has 1 aliphatic rings. The van der Waals surface area contributed by atoms with Crippen molar-refractivity contribution in [1.29, 1.82) is 0 Å². The lowest BCUT2D eigenvalue weighted by atomic mass is 10.0. The average Bonchev–Trinajstić information content (AvgIpc) is 3.42. The fraction of sp³-hybridized carbons (Fsp3) is 0.486. The number of nitrogens with one attached hydrogen (secondary N) is 1. The first-order chi connectivity index (χ1) is 20.8. The Morgan fingerprint density at radius 3 is 1.98 bits per heavy atom. The number of allylic oxidation sites excluding steroid dienone is 4. The minimum atomic E-state index is -0.507. The second-order valence-corrected chi connectivity index (χ2v) is 11.6. The van der Waals surface area contributed by atoms with Crippen LogP contribution in [-0.4, -0.2) is 37.4 Å². The molecule has 8 heteroatoms. The highest BCUT2D eigenvalue weighted by Crippen LogP contribution is 2.34. The number of carbonyl (C=O) groups excluding carboxylic acids is 2. The van der Waals surface area contributed by atoms with Crippen LogP contribution in [0.3, 0.4) is 0 Å². The van der Waals surface area contributed by atoms with Gasteiger partial charge in [-0.05, 0) is 69.6 Å². The highest BCUT2D eigenvalue weighted by Gasteiger charge is 2.17. The number of hydrogen-bond donors (Lipinski definition) is 2. The van der Waals surface area contributed by atoms with Gasteiger partial charge in [-0.2, -0.15) is 0 Å². The van der Waals surface area contributed by atoms with Gasteiger partial charge < -0.3 is 14.8 Å². The molecule has 0 saturated heterocycles. The number of Topliss-reactive ketones (excluding diaryl/α,β-unsaturated/α-hetero) is 1. The number of carbonyl (C=O) groups is 2. The molecule has 0 radical (unpaired) electrons. The van der Waals surface area contributed by atoms with Crippen molar-refractivity contribution >= 4 is 58.2 Å². The van der Waals surface area contributed by atoms with E-state index in [9.17, 15) is 9.90 Å². The second-order valence-electron chi connectivity index (χ2n) is 9.10. The van der Waals surface area contributed by atoms with Crippen molar-refractivity contribution in [2.75, 3.05) is 25.1 Å². The van der Waals surface area contributed by atoms with E-state index in [1.807, 2.05) is 58.2 Å². The van der Waals surface area contributed by atoms with E-state index in [0.717, 1.165) is 39.6 Å². The fourth-order valence-corrected chi connectivity index (χ4v) is 6.16. The maximum absolute atomic E-state index is 11.9. The number of benzene rings is 1. The molecule has 43 heavy (non-hydrogen) atoms. The lowest BCUT2D eigenvalue weighted by Gasteiger charge is -2.25. The summed E-state index contributed by atoms with van der Waals surface area (Å²) in [5.74, 6) is -0.290. The quantitative estimate of drug-likeness (QED) is 0.115. The van der Waals surface area contributed by atoms with Crippen LogP contribution in [0.4, 0.5) is 5.69 Å². The summed E-state index contributed by atoms with van der Waals surface area (Å²) >= 11 is 9.50. The van der Waals surface area contributed by atoms with Crippen LogP contribution in [-0.2, 0) is 4.79 Å². The Labute approximate surface area is 275 Å². The van der Waals surface area contributed by atoms with Gasteiger partial charge in [0.05, 0.1) is 14.9 Å². The number of hydrogen-bond acceptors (Lipinski definition) is 7. The number of anilines is 1. The van der Waals surface area contributed by atoms with Crippen LogP contribution in [0.15, 0.2) is 65.2 Å². The Kier molecular flexibility index (Phi) is 28.6. The van der Waals surface area contributed by atoms with Crippen molar-refractivity contribution < 1.29 is 14.7 Å². The van der Waals surface area contributed by atoms with Crippen LogP contribution in [0, 0.1) is 6.92 Å². The van der Waals surface area contributed by atoms with Gasteiger partial charge in [0, 0.05) is 22.7 Å². The van der Waals surface area contributed by atoms with Crippen molar-refractivity contribution in [3.63, 3.8) is 0 Å². The zero-order valence-electron chi connectivity index (χ0n) is 27.7. The molecule has 1 fully saturated rings. The zero-order valence-corrected chi connectivity index (χ0v) is 30.1. The molecule has 0 amide bonds. The van der Waals surface area contributed by atoms with Crippen molar-refractivity contribution in [2.45, 2.75) is 93.4 Å². The Bertz CT molecular complexity index is 1070. The standard InChI is InChI=1S/C22H25ClN2O2S2.C6H12.C3H8.C2H4O.C2H6/c1-5-17(20-12-15(3)22(28-20)19(27)14-26)18(23)13-21(29-24-4)25(6-2)16-10-8-7-9-11-16;1-2-4-6-5-3-1;1-3-2;1-2-3;1-2/h5,7-13,24,26H,1,6,14H2,2-4H3;1-6H2;3H2,1-2H3;2H,1H3;1-2H3/b18-17-,21-13-;;;;. The third-order valence-electron chi connectivity index (χ3n) is 5.65. The van der Waals surface area contributed by atoms with E-state index in [-0.39, 0.29) is 5.78 Å². The molecule has 1 aromatic heterocycles. The molecule has 0 atom stereocenters. The van der Waals surface area contributed by atoms with Gasteiger partial charge in [-0.15, -0.1) is 11.3 Å². The first-order valence-corrected chi connectivity index (χ1v) is 17.4. The van der Waals surface area contributed by atoms with E-state index < -0.39 is 6.61 Å². The van der Waals surface area contributed by atoms with Gasteiger partial charge >= 0.3 is 0 Å². The zero-order chi connectivity index (χ0) is 33.0. The lowest BCUT2D eigenvalue weighted by Crippen LogP contribution is -2.21. The molecule has 0 unspecified atom stereocenters. The molecule has 242 valence electrons. The number of nitrogens with zero attached hydrogens (tertiary/aromatic N) is 1. The number of aryl methyl sites for hydroxylation is 1. The minimum Gasteiger partial charge on any atom is -0.388 e. The van der Waals surface area contributed by atoms with Gasteiger partial charge in [-0.25, -0.2) is 0 Å². The third-order valence-corrected chi connectivity index (χ3v) is 8.02. The number of rotatable bonds is 10. The number of aliphatic hydroxyl groups excluding tert-OH is 1. The molecular formula is C35H55ClN2O3S2. The van der Waals surface area contributed by atoms with Crippen molar-refractivity contribution in [3.8, 4) is 0 Å². The maximum Gasteiger partial charge on any atom is 0.198 e. The van der Waals surface area contributed by atoms with Crippen molar-refractivity contribution in [2.24, 2.45) is 0 Å². The summed E-state index contributed by atoms with van der Waals surface area (Å²) < 4.78 is 3.12. The molecule has 2 aromatic rings. The van der Waals surface area contributed by atoms with Crippen molar-refractivity contribution in [1.82, 2.24) is 4.72 Å². The van der Waals surface area contributed by atoms with Crippen LogP contribution in [0.25, 0.3) is 5.57 Å². The van der Waals surface area contributed by atoms with Crippen LogP contribution in [0.5, 0.6) is 0 Å². The van der Waals surface area contributed by atoms with Crippen LogP contribution >= 0.6 is 34.9 Å². The predicted molar refractivity (Wildman–Crippen MR) is 194 cm³/mol. The number of halogens is 1. The topological polar surface area (TPSA) is 69.6 Å². The second kappa shape index (κ2) is 28.6. The summed E-state index contributed by atoms with van der Waals surface area (Å²) in [6, 6.07) is 12.0. The maximum atomic E-state index is 11.9. The van der Waals surface area contributed by atoms with Gasteiger partial charge in [-0.3, -0.25) is 9.52 Å². The van der Waals surface area contributed by atoms with E-state index >= 15 is 0 Å². The largest absolute Gasteiger partial charge is 0.388 e. The highest BCUT2D eigenvalue weighted by molar-refractivity contribution is 8.01. The lowest BCUT2D eigenvalue weighted by molar-refractivity contribution is -0.106. The Balaban J connectivity index is 0. The molecule has 0 spiro atoms. The minimum absolute atomic E-state index is 0.290. The monoisotopic (exact) mass is 650 g/mol. The van der Waals surface area contributed by atoms with E-state index in [4.69, 9.17) is 16.4 Å². The number of aliphatic hydroxyl groups is 1. The summed E-state index contributed by atoms with van der Waals surface area (Å²) in [7, 11) is 1.86. The molecule has 1 aromatic carbocycles. The third kappa shape index (κ3) is 17.7. The summed E-state index contributed by atoms with van der Waals surface area (Å²) in [4.78, 5) is 24.3. The number of thiophene rings is 1. The van der Waals surface area contributed by atoms with E-state index in [1.165, 1.54) is 75.2 Å². The first-order valence-electron chi connectivity index (χ1n) is 15.3. The average molecular weight is 651 g/mol. The molecule has 1 saturated carbocycles. The van der Waals surface area contributed by atoms with Gasteiger partial charge in [0.15, 0.2) is 5.78 Å². The van der Waals surface area contributed by atoms with Crippen LogP contribution < -0.4 is 9.62 Å². The van der Waals surface area contributed by atoms with Crippen LogP contribution in [0.1, 0.15) is 107 Å².